The van der Waals surface area contributed by atoms with Gasteiger partial charge in [0, 0.05) is 12.6 Å². The van der Waals surface area contributed by atoms with Crippen molar-refractivity contribution < 1.29 is 14.3 Å². The molecule has 2 fully saturated rings. The van der Waals surface area contributed by atoms with Crippen LogP contribution in [0.3, 0.4) is 0 Å². The van der Waals surface area contributed by atoms with E-state index in [1.165, 1.54) is 25.9 Å². The summed E-state index contributed by atoms with van der Waals surface area (Å²) in [4.78, 5) is 16.5. The third-order valence-corrected chi connectivity index (χ3v) is 5.28. The Labute approximate surface area is 156 Å². The highest BCUT2D eigenvalue weighted by Crippen LogP contribution is 2.22. The predicted molar refractivity (Wildman–Crippen MR) is 102 cm³/mol. The molecule has 0 atom stereocenters. The van der Waals surface area contributed by atoms with E-state index in [9.17, 15) is 4.79 Å². The molecule has 0 aromatic heterocycles. The number of rotatable bonds is 7. The van der Waals surface area contributed by atoms with Crippen LogP contribution in [0.4, 0.5) is 4.79 Å². The Hall–Kier alpha value is -1.95. The zero-order chi connectivity index (χ0) is 18.4. The van der Waals surface area contributed by atoms with E-state index in [4.69, 9.17) is 9.47 Å². The summed E-state index contributed by atoms with van der Waals surface area (Å²) in [6.45, 7) is 7.81. The molecule has 2 aliphatic rings. The lowest BCUT2D eigenvalue weighted by Crippen LogP contribution is -2.59. The first kappa shape index (κ1) is 18.8. The van der Waals surface area contributed by atoms with E-state index in [2.05, 4.69) is 17.1 Å². The number of piperidine rings is 1. The molecular formula is C20H31N3O3. The molecule has 0 saturated carbocycles. The summed E-state index contributed by atoms with van der Waals surface area (Å²) in [5.74, 6) is 2.43. The van der Waals surface area contributed by atoms with Gasteiger partial charge in [0.2, 0.25) is 0 Å². The number of likely N-dealkylation sites (tertiary alicyclic amines) is 2. The van der Waals surface area contributed by atoms with Crippen molar-refractivity contribution >= 4 is 6.03 Å². The van der Waals surface area contributed by atoms with Crippen molar-refractivity contribution in [2.45, 2.75) is 32.3 Å². The second-order valence-electron chi connectivity index (χ2n) is 7.43. The number of hydrogen-bond donors (Lipinski definition) is 1. The highest BCUT2D eigenvalue weighted by Gasteiger charge is 2.32. The lowest BCUT2D eigenvalue weighted by Gasteiger charge is -2.38. The number of benzene rings is 1. The first-order valence-corrected chi connectivity index (χ1v) is 9.70. The van der Waals surface area contributed by atoms with Crippen LogP contribution < -0.4 is 14.8 Å². The van der Waals surface area contributed by atoms with E-state index in [0.29, 0.717) is 13.1 Å². The maximum absolute atomic E-state index is 12.1. The second kappa shape index (κ2) is 9.12. The molecule has 0 radical (unpaired) electrons. The largest absolute Gasteiger partial charge is 0.497 e. The Balaban J connectivity index is 1.27. The van der Waals surface area contributed by atoms with Crippen molar-refractivity contribution in [3.8, 4) is 11.5 Å². The highest BCUT2D eigenvalue weighted by atomic mass is 16.5. The number of nitrogens with zero attached hydrogens (tertiary/aromatic N) is 2. The first-order valence-electron chi connectivity index (χ1n) is 9.70. The summed E-state index contributed by atoms with van der Waals surface area (Å²) in [6, 6.07) is 7.58. The van der Waals surface area contributed by atoms with Gasteiger partial charge in [-0.3, -0.25) is 0 Å². The first-order chi connectivity index (χ1) is 12.6. The molecule has 0 spiro atoms. The average molecular weight is 361 g/mol. The van der Waals surface area contributed by atoms with Crippen molar-refractivity contribution in [3.63, 3.8) is 0 Å². The maximum atomic E-state index is 12.1. The molecule has 2 amide bonds. The van der Waals surface area contributed by atoms with Gasteiger partial charge in [0.15, 0.2) is 0 Å². The molecule has 6 nitrogen and oxygen atoms in total. The van der Waals surface area contributed by atoms with Crippen LogP contribution in [0.25, 0.3) is 0 Å². The minimum atomic E-state index is 0.0164. The lowest BCUT2D eigenvalue weighted by molar-refractivity contribution is 0.0443. The van der Waals surface area contributed by atoms with Crippen LogP contribution in [0.5, 0.6) is 11.5 Å². The smallest absolute Gasteiger partial charge is 0.317 e. The summed E-state index contributed by atoms with van der Waals surface area (Å²) < 4.78 is 11.1. The zero-order valence-corrected chi connectivity index (χ0v) is 15.9. The molecule has 1 N–H and O–H groups in total. The number of carbonyl (C=O) groups is 1. The Kier molecular flexibility index (Phi) is 6.61. The van der Waals surface area contributed by atoms with Crippen LogP contribution in [0.15, 0.2) is 24.3 Å². The third kappa shape index (κ3) is 5.27. The summed E-state index contributed by atoms with van der Waals surface area (Å²) in [5.41, 5.74) is 0. The topological polar surface area (TPSA) is 54.0 Å². The molecule has 0 bridgehead atoms. The minimum Gasteiger partial charge on any atom is -0.497 e. The van der Waals surface area contributed by atoms with Crippen molar-refractivity contribution in [3.05, 3.63) is 24.3 Å². The number of carbonyl (C=O) groups excluding carboxylic acids is 1. The molecule has 3 rings (SSSR count). The van der Waals surface area contributed by atoms with E-state index >= 15 is 0 Å². The van der Waals surface area contributed by atoms with Crippen LogP contribution in [0.2, 0.25) is 0 Å². The molecule has 26 heavy (non-hydrogen) atoms. The number of ether oxygens (including phenoxy) is 2. The van der Waals surface area contributed by atoms with Gasteiger partial charge in [-0.1, -0.05) is 13.0 Å². The van der Waals surface area contributed by atoms with Gasteiger partial charge in [0.05, 0.1) is 20.2 Å². The van der Waals surface area contributed by atoms with E-state index in [-0.39, 0.29) is 12.1 Å². The molecule has 2 aliphatic heterocycles. The normalized spacial score (nSPS) is 19.1. The van der Waals surface area contributed by atoms with Crippen molar-refractivity contribution in [2.24, 2.45) is 5.92 Å². The molecule has 144 valence electrons. The van der Waals surface area contributed by atoms with Gasteiger partial charge in [-0.25, -0.2) is 4.79 Å². The quantitative estimate of drug-likeness (QED) is 0.759. The van der Waals surface area contributed by atoms with Gasteiger partial charge in [-0.05, 0) is 56.9 Å². The Morgan fingerprint density at radius 3 is 2.69 bits per heavy atom. The lowest BCUT2D eigenvalue weighted by atomic mass is 9.99. The van der Waals surface area contributed by atoms with Gasteiger partial charge < -0.3 is 24.6 Å². The van der Waals surface area contributed by atoms with E-state index in [0.717, 1.165) is 36.9 Å². The van der Waals surface area contributed by atoms with Crippen LogP contribution in [0, 0.1) is 5.92 Å². The van der Waals surface area contributed by atoms with Gasteiger partial charge in [-0.15, -0.1) is 0 Å². The summed E-state index contributed by atoms with van der Waals surface area (Å²) in [6.07, 6.45) is 3.67. The van der Waals surface area contributed by atoms with E-state index in [1.54, 1.807) is 12.0 Å². The van der Waals surface area contributed by atoms with Crippen LogP contribution >= 0.6 is 0 Å². The number of amides is 2. The molecule has 0 unspecified atom stereocenters. The SMILES string of the molecule is COc1cccc(OC2CN(C(=O)NCCCN3CCC(C)CC3)C2)c1. The fraction of sp³-hybridized carbons (Fsp3) is 0.650. The Bertz CT molecular complexity index is 581. The monoisotopic (exact) mass is 361 g/mol. The molecular weight excluding hydrogens is 330 g/mol. The Morgan fingerprint density at radius 1 is 1.23 bits per heavy atom. The molecule has 2 heterocycles. The minimum absolute atomic E-state index is 0.0164. The molecule has 1 aromatic carbocycles. The average Bonchev–Trinajstić information content (AvgIpc) is 2.63. The number of methoxy groups -OCH3 is 1. The molecule has 2 saturated heterocycles. The number of nitrogens with one attached hydrogen (secondary N) is 1. The molecule has 6 heteroatoms. The standard InChI is InChI=1S/C20H31N3O3/c1-16-7-11-22(12-8-16)10-4-9-21-20(24)23-14-19(15-23)26-18-6-3-5-17(13-18)25-2/h3,5-6,13,16,19H,4,7-12,14-15H2,1-2H3,(H,21,24). The predicted octanol–water partition coefficient (Wildman–Crippen LogP) is 2.59. The fourth-order valence-corrected chi connectivity index (χ4v) is 3.44. The fourth-order valence-electron chi connectivity index (χ4n) is 3.44. The third-order valence-electron chi connectivity index (χ3n) is 5.28. The van der Waals surface area contributed by atoms with Gasteiger partial charge >= 0.3 is 6.03 Å². The highest BCUT2D eigenvalue weighted by molar-refractivity contribution is 5.75. The summed E-state index contributed by atoms with van der Waals surface area (Å²) in [7, 11) is 1.64. The van der Waals surface area contributed by atoms with Crippen LogP contribution in [-0.2, 0) is 0 Å². The molecule has 0 aliphatic carbocycles. The Morgan fingerprint density at radius 2 is 1.96 bits per heavy atom. The summed E-state index contributed by atoms with van der Waals surface area (Å²) >= 11 is 0. The number of urea groups is 1. The maximum Gasteiger partial charge on any atom is 0.317 e. The van der Waals surface area contributed by atoms with Crippen molar-refractivity contribution in [2.75, 3.05) is 46.4 Å². The van der Waals surface area contributed by atoms with Crippen LogP contribution in [0.1, 0.15) is 26.2 Å². The van der Waals surface area contributed by atoms with E-state index < -0.39 is 0 Å². The van der Waals surface area contributed by atoms with Gasteiger partial charge in [0.25, 0.3) is 0 Å². The van der Waals surface area contributed by atoms with Crippen molar-refractivity contribution in [1.82, 2.24) is 15.1 Å². The summed E-state index contributed by atoms with van der Waals surface area (Å²) in [5, 5.41) is 3.02. The second-order valence-corrected chi connectivity index (χ2v) is 7.43. The van der Waals surface area contributed by atoms with Gasteiger partial charge in [-0.2, -0.15) is 0 Å². The molecule has 1 aromatic rings. The van der Waals surface area contributed by atoms with E-state index in [1.807, 2.05) is 24.3 Å². The van der Waals surface area contributed by atoms with Gasteiger partial charge in [0.1, 0.15) is 17.6 Å². The number of hydrogen-bond acceptors (Lipinski definition) is 4. The van der Waals surface area contributed by atoms with Crippen molar-refractivity contribution in [1.29, 1.82) is 0 Å². The zero-order valence-electron chi connectivity index (χ0n) is 15.9. The van der Waals surface area contributed by atoms with Crippen LogP contribution in [-0.4, -0.2) is 68.3 Å².